The van der Waals surface area contributed by atoms with E-state index in [0.29, 0.717) is 17.2 Å². The van der Waals surface area contributed by atoms with E-state index in [1.807, 2.05) is 0 Å². The highest BCUT2D eigenvalue weighted by Gasteiger charge is 2.13. The molecule has 2 aromatic rings. The lowest BCUT2D eigenvalue weighted by molar-refractivity contribution is -0.383. The number of furan rings is 1. The van der Waals surface area contributed by atoms with E-state index in [-0.39, 0.29) is 10.8 Å². The Bertz CT molecular complexity index is 682. The summed E-state index contributed by atoms with van der Waals surface area (Å²) in [5.41, 5.74) is 3.45. The van der Waals surface area contributed by atoms with Crippen LogP contribution in [0.1, 0.15) is 12.7 Å². The van der Waals surface area contributed by atoms with Crippen LogP contribution in [0.2, 0.25) is 0 Å². The Kier molecular flexibility index (Phi) is 4.62. The fraction of sp³-hybridized carbons (Fsp3) is 0.0769. The number of hydrogen-bond donors (Lipinski definition) is 2. The number of nitrogens with zero attached hydrogens (tertiary/aromatic N) is 2. The molecule has 0 aliphatic carbocycles. The van der Waals surface area contributed by atoms with Gasteiger partial charge < -0.3 is 9.73 Å². The maximum atomic E-state index is 10.9. The zero-order valence-corrected chi connectivity index (χ0v) is 11.9. The van der Waals surface area contributed by atoms with Crippen molar-refractivity contribution in [3.8, 4) is 0 Å². The summed E-state index contributed by atoms with van der Waals surface area (Å²) in [7, 11) is 0. The number of para-hydroxylation sites is 2. The van der Waals surface area contributed by atoms with Crippen molar-refractivity contribution >= 4 is 34.4 Å². The molecule has 0 spiro atoms. The summed E-state index contributed by atoms with van der Waals surface area (Å²) in [5.74, 6) is 0.607. The quantitative estimate of drug-likeness (QED) is 0.390. The predicted octanol–water partition coefficient (Wildman–Crippen LogP) is 2.90. The van der Waals surface area contributed by atoms with Crippen LogP contribution in [0.25, 0.3) is 0 Å². The molecule has 0 radical (unpaired) electrons. The molecule has 0 saturated heterocycles. The number of hydrazone groups is 1. The Morgan fingerprint density at radius 3 is 2.76 bits per heavy atom. The van der Waals surface area contributed by atoms with Crippen molar-refractivity contribution in [2.75, 3.05) is 5.32 Å². The van der Waals surface area contributed by atoms with Crippen LogP contribution in [-0.2, 0) is 0 Å². The third-order valence-corrected chi connectivity index (χ3v) is 2.75. The smallest absolute Gasteiger partial charge is 0.292 e. The summed E-state index contributed by atoms with van der Waals surface area (Å²) in [6.45, 7) is 1.75. The molecule has 0 saturated carbocycles. The zero-order chi connectivity index (χ0) is 15.2. The van der Waals surface area contributed by atoms with E-state index in [2.05, 4.69) is 15.8 Å². The average molecular weight is 304 g/mol. The van der Waals surface area contributed by atoms with Gasteiger partial charge in [-0.25, -0.2) is 0 Å². The number of hydrogen-bond acceptors (Lipinski definition) is 5. The van der Waals surface area contributed by atoms with Crippen LogP contribution < -0.4 is 10.7 Å². The molecule has 0 atom stereocenters. The molecule has 0 amide bonds. The molecule has 0 aliphatic rings. The van der Waals surface area contributed by atoms with Gasteiger partial charge in [0.25, 0.3) is 5.69 Å². The van der Waals surface area contributed by atoms with Crippen LogP contribution in [0.4, 0.5) is 11.4 Å². The van der Waals surface area contributed by atoms with Crippen molar-refractivity contribution in [1.82, 2.24) is 5.43 Å². The molecule has 8 heteroatoms. The fourth-order valence-corrected chi connectivity index (χ4v) is 1.72. The minimum atomic E-state index is -0.484. The Hall–Kier alpha value is -2.74. The Balaban J connectivity index is 2.03. The van der Waals surface area contributed by atoms with Gasteiger partial charge in [0.15, 0.2) is 5.11 Å². The van der Waals surface area contributed by atoms with Gasteiger partial charge in [0, 0.05) is 6.07 Å². The molecule has 0 bridgehead atoms. The second-order valence-corrected chi connectivity index (χ2v) is 4.42. The summed E-state index contributed by atoms with van der Waals surface area (Å²) in [5, 5.41) is 17.8. The number of nitro benzene ring substituents is 1. The SMILES string of the molecule is C/C(=N/NC(=S)Nc1ccccc1[N+](=O)[O-])c1ccco1. The molecule has 0 fully saturated rings. The molecule has 1 aromatic heterocycles. The number of nitro groups is 1. The van der Waals surface area contributed by atoms with Crippen LogP contribution in [0.5, 0.6) is 0 Å². The molecule has 21 heavy (non-hydrogen) atoms. The third-order valence-electron chi connectivity index (χ3n) is 2.55. The zero-order valence-electron chi connectivity index (χ0n) is 11.1. The van der Waals surface area contributed by atoms with E-state index >= 15 is 0 Å². The van der Waals surface area contributed by atoms with Crippen LogP contribution >= 0.6 is 12.2 Å². The maximum Gasteiger partial charge on any atom is 0.292 e. The molecule has 0 unspecified atom stereocenters. The lowest BCUT2D eigenvalue weighted by Gasteiger charge is -2.07. The van der Waals surface area contributed by atoms with Gasteiger partial charge in [0.1, 0.15) is 17.2 Å². The van der Waals surface area contributed by atoms with Gasteiger partial charge in [-0.1, -0.05) is 12.1 Å². The monoisotopic (exact) mass is 304 g/mol. The summed E-state index contributed by atoms with van der Waals surface area (Å²) >= 11 is 5.05. The maximum absolute atomic E-state index is 10.9. The number of nitrogens with one attached hydrogen (secondary N) is 2. The van der Waals surface area contributed by atoms with Crippen molar-refractivity contribution in [3.05, 3.63) is 58.5 Å². The predicted molar refractivity (Wildman–Crippen MR) is 83.4 cm³/mol. The minimum Gasteiger partial charge on any atom is -0.463 e. The first-order valence-electron chi connectivity index (χ1n) is 5.96. The lowest BCUT2D eigenvalue weighted by atomic mass is 10.3. The highest BCUT2D eigenvalue weighted by molar-refractivity contribution is 7.80. The van der Waals surface area contributed by atoms with E-state index in [1.54, 1.807) is 37.3 Å². The lowest BCUT2D eigenvalue weighted by Crippen LogP contribution is -2.25. The molecule has 1 heterocycles. The Morgan fingerprint density at radius 2 is 2.10 bits per heavy atom. The molecule has 7 nitrogen and oxygen atoms in total. The molecule has 108 valence electrons. The van der Waals surface area contributed by atoms with E-state index < -0.39 is 4.92 Å². The molecule has 1 aromatic carbocycles. The normalized spacial score (nSPS) is 11.0. The second-order valence-electron chi connectivity index (χ2n) is 4.01. The largest absolute Gasteiger partial charge is 0.463 e. The van der Waals surface area contributed by atoms with Crippen molar-refractivity contribution in [1.29, 1.82) is 0 Å². The van der Waals surface area contributed by atoms with E-state index in [0.717, 1.165) is 0 Å². The first-order chi connectivity index (χ1) is 10.1. The topological polar surface area (TPSA) is 92.7 Å². The minimum absolute atomic E-state index is 0.0617. The first-order valence-corrected chi connectivity index (χ1v) is 6.37. The van der Waals surface area contributed by atoms with Crippen LogP contribution in [-0.4, -0.2) is 15.7 Å². The Morgan fingerprint density at radius 1 is 1.33 bits per heavy atom. The fourth-order valence-electron chi connectivity index (χ4n) is 1.56. The van der Waals surface area contributed by atoms with Gasteiger partial charge in [0.05, 0.1) is 11.2 Å². The van der Waals surface area contributed by atoms with Gasteiger partial charge in [-0.2, -0.15) is 5.10 Å². The van der Waals surface area contributed by atoms with Crippen molar-refractivity contribution < 1.29 is 9.34 Å². The van der Waals surface area contributed by atoms with Crippen LogP contribution in [0, 0.1) is 10.1 Å². The summed E-state index contributed by atoms with van der Waals surface area (Å²) < 4.78 is 5.17. The molecule has 0 aliphatic heterocycles. The van der Waals surface area contributed by atoms with Crippen LogP contribution in [0.15, 0.2) is 52.2 Å². The van der Waals surface area contributed by atoms with Crippen molar-refractivity contribution in [3.63, 3.8) is 0 Å². The highest BCUT2D eigenvalue weighted by atomic mass is 32.1. The van der Waals surface area contributed by atoms with E-state index in [9.17, 15) is 10.1 Å². The summed E-state index contributed by atoms with van der Waals surface area (Å²) in [4.78, 5) is 10.4. The third kappa shape index (κ3) is 3.86. The number of thiocarbonyl (C=S) groups is 1. The van der Waals surface area contributed by atoms with Crippen LogP contribution in [0.3, 0.4) is 0 Å². The summed E-state index contributed by atoms with van der Waals surface area (Å²) in [6, 6.07) is 9.73. The number of rotatable bonds is 4. The van der Waals surface area contributed by atoms with Crippen molar-refractivity contribution in [2.24, 2.45) is 5.10 Å². The number of benzene rings is 1. The molecular weight excluding hydrogens is 292 g/mol. The molecule has 2 rings (SSSR count). The molecule has 2 N–H and O–H groups in total. The second kappa shape index (κ2) is 6.62. The first kappa shape index (κ1) is 14.7. The average Bonchev–Trinajstić information content (AvgIpc) is 2.99. The van der Waals surface area contributed by atoms with E-state index in [1.165, 1.54) is 12.3 Å². The summed E-state index contributed by atoms with van der Waals surface area (Å²) in [6.07, 6.45) is 1.54. The van der Waals surface area contributed by atoms with Gasteiger partial charge in [0.2, 0.25) is 0 Å². The van der Waals surface area contributed by atoms with Gasteiger partial charge in [-0.15, -0.1) is 0 Å². The highest BCUT2D eigenvalue weighted by Crippen LogP contribution is 2.22. The van der Waals surface area contributed by atoms with Gasteiger partial charge in [-0.05, 0) is 37.3 Å². The van der Waals surface area contributed by atoms with Crippen molar-refractivity contribution in [2.45, 2.75) is 6.92 Å². The molecular formula is C13H12N4O3S. The van der Waals surface area contributed by atoms with Gasteiger partial charge in [-0.3, -0.25) is 15.5 Å². The van der Waals surface area contributed by atoms with E-state index in [4.69, 9.17) is 16.6 Å². The number of anilines is 1. The van der Waals surface area contributed by atoms with Gasteiger partial charge >= 0.3 is 0 Å². The standard InChI is InChI=1S/C13H12N4O3S/c1-9(12-7-4-8-20-12)15-16-13(21)14-10-5-2-3-6-11(10)17(18)19/h2-8H,1H3,(H2,14,16,21)/b15-9-. The Labute approximate surface area is 125 Å².